The number of nitrogens with zero attached hydrogens (tertiary/aromatic N) is 1. The first kappa shape index (κ1) is 18.0. The number of benzene rings is 1. The van der Waals surface area contributed by atoms with Gasteiger partial charge in [0.1, 0.15) is 5.75 Å². The zero-order valence-corrected chi connectivity index (χ0v) is 15.0. The van der Waals surface area contributed by atoms with Crippen molar-refractivity contribution in [2.75, 3.05) is 13.7 Å². The molecule has 2 rings (SSSR count). The van der Waals surface area contributed by atoms with E-state index in [1.54, 1.807) is 18.9 Å². The summed E-state index contributed by atoms with van der Waals surface area (Å²) in [4.78, 5) is 26.9. The number of ether oxygens (including phenoxy) is 2. The summed E-state index contributed by atoms with van der Waals surface area (Å²) in [5.74, 6) is -0.0537. The Balaban J connectivity index is 2.57. The number of hydrogen-bond donors (Lipinski definition) is 0. The zero-order chi connectivity index (χ0) is 17.9. The lowest BCUT2D eigenvalue weighted by Crippen LogP contribution is -2.38. The predicted molar refractivity (Wildman–Crippen MR) is 91.7 cm³/mol. The summed E-state index contributed by atoms with van der Waals surface area (Å²) in [7, 11) is 1.59. The van der Waals surface area contributed by atoms with Crippen LogP contribution in [0.1, 0.15) is 45.6 Å². The van der Waals surface area contributed by atoms with Gasteiger partial charge in [0.15, 0.2) is 0 Å². The van der Waals surface area contributed by atoms with Crippen LogP contribution in [0.25, 0.3) is 0 Å². The quantitative estimate of drug-likeness (QED) is 0.777. The number of para-hydroxylation sites is 1. The summed E-state index contributed by atoms with van der Waals surface area (Å²) in [6.45, 7) is 7.87. The molecule has 0 bridgehead atoms. The second-order valence-corrected chi connectivity index (χ2v) is 6.09. The van der Waals surface area contributed by atoms with Gasteiger partial charge in [-0.05, 0) is 33.8 Å². The highest BCUT2D eigenvalue weighted by molar-refractivity contribution is 5.96. The number of allylic oxidation sites excluding steroid dienone is 1. The average Bonchev–Trinajstić information content (AvgIpc) is 2.53. The number of carbonyl (C=O) groups is 2. The van der Waals surface area contributed by atoms with Crippen molar-refractivity contribution in [3.8, 4) is 5.75 Å². The van der Waals surface area contributed by atoms with Gasteiger partial charge in [0.2, 0.25) is 5.91 Å². The molecule has 5 nitrogen and oxygen atoms in total. The van der Waals surface area contributed by atoms with Crippen molar-refractivity contribution in [2.24, 2.45) is 0 Å². The van der Waals surface area contributed by atoms with E-state index in [1.807, 2.05) is 45.0 Å². The van der Waals surface area contributed by atoms with E-state index in [9.17, 15) is 9.59 Å². The van der Waals surface area contributed by atoms with E-state index in [2.05, 4.69) is 0 Å². The molecule has 1 heterocycles. The first-order chi connectivity index (χ1) is 11.4. The summed E-state index contributed by atoms with van der Waals surface area (Å²) in [5.41, 5.74) is 2.03. The molecular weight excluding hydrogens is 306 g/mol. The van der Waals surface area contributed by atoms with Gasteiger partial charge in [0.05, 0.1) is 18.8 Å². The third kappa shape index (κ3) is 3.45. The summed E-state index contributed by atoms with van der Waals surface area (Å²) < 4.78 is 10.9. The zero-order valence-electron chi connectivity index (χ0n) is 15.0. The number of methoxy groups -OCH3 is 1. The maximum Gasteiger partial charge on any atom is 0.336 e. The molecule has 1 amide bonds. The Morgan fingerprint density at radius 2 is 2.00 bits per heavy atom. The molecule has 0 aliphatic carbocycles. The van der Waals surface area contributed by atoms with E-state index in [4.69, 9.17) is 9.47 Å². The fraction of sp³-hybridized carbons (Fsp3) is 0.474. The highest BCUT2D eigenvalue weighted by atomic mass is 16.5. The second-order valence-electron chi connectivity index (χ2n) is 6.09. The molecule has 1 aliphatic heterocycles. The lowest BCUT2D eigenvalue weighted by molar-refractivity contribution is -0.143. The van der Waals surface area contributed by atoms with Gasteiger partial charge >= 0.3 is 5.97 Å². The molecule has 0 aromatic heterocycles. The Hall–Kier alpha value is -2.30. The van der Waals surface area contributed by atoms with Gasteiger partial charge in [-0.15, -0.1) is 0 Å². The minimum absolute atomic E-state index is 0.00648. The molecule has 1 atom stereocenters. The van der Waals surface area contributed by atoms with Crippen molar-refractivity contribution in [1.82, 2.24) is 4.90 Å². The number of amides is 1. The molecule has 0 radical (unpaired) electrons. The minimum Gasteiger partial charge on any atom is -0.496 e. The van der Waals surface area contributed by atoms with Gasteiger partial charge in [-0.25, -0.2) is 4.79 Å². The van der Waals surface area contributed by atoms with Gasteiger partial charge < -0.3 is 14.4 Å². The first-order valence-electron chi connectivity index (χ1n) is 8.25. The minimum atomic E-state index is -0.371. The van der Waals surface area contributed by atoms with E-state index in [0.717, 1.165) is 5.56 Å². The highest BCUT2D eigenvalue weighted by Crippen LogP contribution is 2.40. The van der Waals surface area contributed by atoms with Crippen molar-refractivity contribution >= 4 is 11.9 Å². The maximum absolute atomic E-state index is 12.7. The van der Waals surface area contributed by atoms with Crippen molar-refractivity contribution in [3.63, 3.8) is 0 Å². The van der Waals surface area contributed by atoms with Crippen molar-refractivity contribution < 1.29 is 19.1 Å². The molecule has 130 valence electrons. The van der Waals surface area contributed by atoms with Crippen LogP contribution >= 0.6 is 0 Å². The van der Waals surface area contributed by atoms with Crippen LogP contribution in [0, 0.1) is 0 Å². The molecule has 0 spiro atoms. The summed E-state index contributed by atoms with van der Waals surface area (Å²) in [6, 6.07) is 7.49. The topological polar surface area (TPSA) is 55.8 Å². The SMILES string of the molecule is CCN1C(=O)C[C@@H](c2ccccc2OC)C(C(=O)OC(C)C)=C1C. The fourth-order valence-corrected chi connectivity index (χ4v) is 3.17. The van der Waals surface area contributed by atoms with Gasteiger partial charge in [-0.1, -0.05) is 18.2 Å². The Kier molecular flexibility index (Phi) is 5.65. The Bertz CT molecular complexity index is 663. The van der Waals surface area contributed by atoms with E-state index >= 15 is 0 Å². The van der Waals surface area contributed by atoms with Crippen LogP contribution in [0.2, 0.25) is 0 Å². The Morgan fingerprint density at radius 3 is 2.58 bits per heavy atom. The Morgan fingerprint density at radius 1 is 1.33 bits per heavy atom. The molecule has 5 heteroatoms. The fourth-order valence-electron chi connectivity index (χ4n) is 3.17. The van der Waals surface area contributed by atoms with Crippen LogP contribution in [0.4, 0.5) is 0 Å². The van der Waals surface area contributed by atoms with Crippen molar-refractivity contribution in [3.05, 3.63) is 41.1 Å². The third-order valence-corrected chi connectivity index (χ3v) is 4.22. The van der Waals surface area contributed by atoms with Crippen LogP contribution < -0.4 is 4.74 Å². The summed E-state index contributed by atoms with van der Waals surface area (Å²) in [5, 5.41) is 0. The first-order valence-corrected chi connectivity index (χ1v) is 8.25. The van der Waals surface area contributed by atoms with E-state index in [1.165, 1.54) is 0 Å². The van der Waals surface area contributed by atoms with Gasteiger partial charge in [0.25, 0.3) is 0 Å². The molecular formula is C19H25NO4. The van der Waals surface area contributed by atoms with Crippen LogP contribution in [-0.2, 0) is 14.3 Å². The van der Waals surface area contributed by atoms with E-state index < -0.39 is 0 Å². The molecule has 0 N–H and O–H groups in total. The number of carbonyl (C=O) groups excluding carboxylic acids is 2. The molecule has 24 heavy (non-hydrogen) atoms. The van der Waals surface area contributed by atoms with Crippen LogP contribution in [0.15, 0.2) is 35.5 Å². The Labute approximate surface area is 143 Å². The van der Waals surface area contributed by atoms with E-state index in [-0.39, 0.29) is 30.3 Å². The summed E-state index contributed by atoms with van der Waals surface area (Å²) >= 11 is 0. The molecule has 1 aromatic rings. The lowest BCUT2D eigenvalue weighted by atomic mass is 9.83. The second kappa shape index (κ2) is 7.51. The normalized spacial score (nSPS) is 18.2. The van der Waals surface area contributed by atoms with Gasteiger partial charge in [-0.2, -0.15) is 0 Å². The van der Waals surface area contributed by atoms with Crippen molar-refractivity contribution in [1.29, 1.82) is 0 Å². The maximum atomic E-state index is 12.7. The van der Waals surface area contributed by atoms with Crippen LogP contribution in [-0.4, -0.2) is 36.5 Å². The van der Waals surface area contributed by atoms with Gasteiger partial charge in [0, 0.05) is 30.1 Å². The average molecular weight is 331 g/mol. The molecule has 0 saturated heterocycles. The van der Waals surface area contributed by atoms with E-state index in [0.29, 0.717) is 23.6 Å². The standard InChI is InChI=1S/C19H25NO4/c1-6-20-13(4)18(19(22)24-12(2)3)15(11-17(20)21)14-9-7-8-10-16(14)23-5/h7-10,12,15H,6,11H2,1-5H3/t15-/m0/s1. The third-order valence-electron chi connectivity index (χ3n) is 4.22. The molecule has 1 aromatic carbocycles. The lowest BCUT2D eigenvalue weighted by Gasteiger charge is -2.34. The number of hydrogen-bond acceptors (Lipinski definition) is 4. The molecule has 0 unspecified atom stereocenters. The smallest absolute Gasteiger partial charge is 0.336 e. The van der Waals surface area contributed by atoms with Crippen LogP contribution in [0.3, 0.4) is 0 Å². The number of rotatable bonds is 5. The molecule has 1 aliphatic rings. The predicted octanol–water partition coefficient (Wildman–Crippen LogP) is 3.26. The largest absolute Gasteiger partial charge is 0.496 e. The monoisotopic (exact) mass is 331 g/mol. The van der Waals surface area contributed by atoms with Crippen molar-refractivity contribution in [2.45, 2.75) is 46.1 Å². The highest BCUT2D eigenvalue weighted by Gasteiger charge is 2.37. The molecule has 0 saturated carbocycles. The summed E-state index contributed by atoms with van der Waals surface area (Å²) in [6.07, 6.45) is 0.0116. The van der Waals surface area contributed by atoms with Crippen LogP contribution in [0.5, 0.6) is 5.75 Å². The number of esters is 1. The van der Waals surface area contributed by atoms with Gasteiger partial charge in [-0.3, -0.25) is 4.79 Å². The molecule has 0 fully saturated rings.